The molecule has 188 valence electrons. The Hall–Kier alpha value is -2.57. The molecule has 0 aliphatic rings. The number of ether oxygens (including phenoxy) is 1. The Labute approximate surface area is 200 Å². The molecule has 0 bridgehead atoms. The summed E-state index contributed by atoms with van der Waals surface area (Å²) in [5.74, 6) is 0.381. The molecular formula is C26H45N3O4. The number of carbonyl (C=O) groups excluding carboxylic acids is 3. The summed E-state index contributed by atoms with van der Waals surface area (Å²) < 4.78 is 5.20. The summed E-state index contributed by atoms with van der Waals surface area (Å²) in [6, 6.07) is 8.62. The molecule has 3 amide bonds. The quantitative estimate of drug-likeness (QED) is 0.415. The highest BCUT2D eigenvalue weighted by atomic mass is 16.5. The van der Waals surface area contributed by atoms with Crippen molar-refractivity contribution in [3.05, 3.63) is 35.9 Å². The van der Waals surface area contributed by atoms with Crippen LogP contribution in [-0.4, -0.2) is 36.5 Å². The van der Waals surface area contributed by atoms with Crippen molar-refractivity contribution >= 4 is 17.9 Å². The molecule has 1 aromatic rings. The Morgan fingerprint density at radius 3 is 2.09 bits per heavy atom. The summed E-state index contributed by atoms with van der Waals surface area (Å²) in [5.41, 5.74) is 0.862. The maximum Gasteiger partial charge on any atom is 0.408 e. The Balaban J connectivity index is 0.00000235. The van der Waals surface area contributed by atoms with Crippen molar-refractivity contribution in [1.29, 1.82) is 0 Å². The minimum Gasteiger partial charge on any atom is -0.445 e. The maximum atomic E-state index is 12.5. The van der Waals surface area contributed by atoms with Crippen LogP contribution in [0.5, 0.6) is 0 Å². The van der Waals surface area contributed by atoms with E-state index in [1.807, 2.05) is 51.1 Å². The lowest BCUT2D eigenvalue weighted by Gasteiger charge is -2.20. The Kier molecular flexibility index (Phi) is 16.5. The first-order valence-corrected chi connectivity index (χ1v) is 12.1. The first kappa shape index (κ1) is 30.4. The summed E-state index contributed by atoms with van der Waals surface area (Å²) in [4.78, 5) is 36.6. The van der Waals surface area contributed by atoms with Crippen LogP contribution >= 0.6 is 0 Å². The number of unbranched alkanes of at least 4 members (excludes halogenated alkanes) is 1. The molecule has 33 heavy (non-hydrogen) atoms. The van der Waals surface area contributed by atoms with Gasteiger partial charge in [0.1, 0.15) is 12.6 Å². The van der Waals surface area contributed by atoms with Crippen molar-refractivity contribution in [2.75, 3.05) is 6.54 Å². The van der Waals surface area contributed by atoms with E-state index in [0.717, 1.165) is 30.7 Å². The SMILES string of the molecule is CC(C)C.CCCCC(C)NC(=O)CNC(=O)[C@H](CC(C)C)NC(=O)OCc1ccccc1. The van der Waals surface area contributed by atoms with Crippen molar-refractivity contribution in [3.8, 4) is 0 Å². The van der Waals surface area contributed by atoms with Crippen LogP contribution in [0.4, 0.5) is 4.79 Å². The van der Waals surface area contributed by atoms with E-state index in [1.54, 1.807) is 0 Å². The lowest BCUT2D eigenvalue weighted by atomic mass is 10.0. The van der Waals surface area contributed by atoms with Crippen LogP contribution in [0.2, 0.25) is 0 Å². The van der Waals surface area contributed by atoms with Crippen molar-refractivity contribution in [1.82, 2.24) is 16.0 Å². The van der Waals surface area contributed by atoms with E-state index in [1.165, 1.54) is 0 Å². The number of amides is 3. The largest absolute Gasteiger partial charge is 0.445 e. The number of benzene rings is 1. The van der Waals surface area contributed by atoms with E-state index in [0.29, 0.717) is 6.42 Å². The van der Waals surface area contributed by atoms with Gasteiger partial charge in [-0.15, -0.1) is 0 Å². The summed E-state index contributed by atoms with van der Waals surface area (Å²) in [6.07, 6.45) is 2.80. The lowest BCUT2D eigenvalue weighted by molar-refractivity contribution is -0.127. The number of rotatable bonds is 12. The third kappa shape index (κ3) is 17.6. The fourth-order valence-electron chi connectivity index (χ4n) is 2.81. The standard InChI is InChI=1S/C22H35N3O4.C4H10/c1-5-6-10-17(4)24-20(26)14-23-21(27)19(13-16(2)3)25-22(28)29-15-18-11-8-7-9-12-18;1-4(2)3/h7-9,11-12,16-17,19H,5-6,10,13-15H2,1-4H3,(H,23,27)(H,24,26)(H,25,28);4H,1-3H3/t17?,19-;/m0./s1. The number of carbonyl (C=O) groups is 3. The van der Waals surface area contributed by atoms with Crippen LogP contribution in [0, 0.1) is 11.8 Å². The molecule has 1 aromatic carbocycles. The van der Waals surface area contributed by atoms with E-state index in [-0.39, 0.29) is 31.0 Å². The average Bonchev–Trinajstić information content (AvgIpc) is 2.74. The van der Waals surface area contributed by atoms with E-state index in [4.69, 9.17) is 4.74 Å². The van der Waals surface area contributed by atoms with Crippen LogP contribution in [0.25, 0.3) is 0 Å². The predicted octanol–water partition coefficient (Wildman–Crippen LogP) is 4.80. The van der Waals surface area contributed by atoms with Crippen LogP contribution in [0.1, 0.15) is 79.7 Å². The topological polar surface area (TPSA) is 96.5 Å². The van der Waals surface area contributed by atoms with Gasteiger partial charge in [0.15, 0.2) is 0 Å². The van der Waals surface area contributed by atoms with Gasteiger partial charge in [0.05, 0.1) is 6.54 Å². The van der Waals surface area contributed by atoms with Gasteiger partial charge >= 0.3 is 6.09 Å². The molecule has 0 aliphatic carbocycles. The fourth-order valence-corrected chi connectivity index (χ4v) is 2.81. The Morgan fingerprint density at radius 1 is 0.939 bits per heavy atom. The van der Waals surface area contributed by atoms with Gasteiger partial charge in [0.25, 0.3) is 0 Å². The molecule has 0 fully saturated rings. The second-order valence-corrected chi connectivity index (χ2v) is 9.45. The minimum atomic E-state index is -0.761. The van der Waals surface area contributed by atoms with Gasteiger partial charge in [0, 0.05) is 6.04 Å². The van der Waals surface area contributed by atoms with Gasteiger partial charge in [-0.05, 0) is 37.2 Å². The van der Waals surface area contributed by atoms with Crippen molar-refractivity contribution < 1.29 is 19.1 Å². The molecule has 1 rings (SSSR count). The molecule has 0 radical (unpaired) electrons. The Morgan fingerprint density at radius 2 is 1.55 bits per heavy atom. The maximum absolute atomic E-state index is 12.5. The molecule has 3 N–H and O–H groups in total. The third-order valence-electron chi connectivity index (χ3n) is 4.35. The minimum absolute atomic E-state index is 0.0666. The summed E-state index contributed by atoms with van der Waals surface area (Å²) in [5, 5.41) is 8.08. The predicted molar refractivity (Wildman–Crippen MR) is 134 cm³/mol. The van der Waals surface area contributed by atoms with Crippen molar-refractivity contribution in [2.24, 2.45) is 11.8 Å². The number of hydrogen-bond acceptors (Lipinski definition) is 4. The zero-order valence-corrected chi connectivity index (χ0v) is 21.6. The van der Waals surface area contributed by atoms with Crippen LogP contribution in [0.3, 0.4) is 0 Å². The van der Waals surface area contributed by atoms with E-state index in [2.05, 4.69) is 43.6 Å². The zero-order chi connectivity index (χ0) is 25.2. The molecule has 7 nitrogen and oxygen atoms in total. The van der Waals surface area contributed by atoms with Gasteiger partial charge in [-0.1, -0.05) is 84.7 Å². The van der Waals surface area contributed by atoms with Gasteiger partial charge in [-0.2, -0.15) is 0 Å². The summed E-state index contributed by atoms with van der Waals surface area (Å²) in [6.45, 7) is 14.5. The average molecular weight is 464 g/mol. The van der Waals surface area contributed by atoms with Gasteiger partial charge in [-0.25, -0.2) is 4.79 Å². The molecule has 0 aliphatic heterocycles. The summed E-state index contributed by atoms with van der Waals surface area (Å²) in [7, 11) is 0. The monoisotopic (exact) mass is 463 g/mol. The molecular weight excluding hydrogens is 418 g/mol. The molecule has 0 saturated carbocycles. The van der Waals surface area contributed by atoms with Crippen molar-refractivity contribution in [3.63, 3.8) is 0 Å². The smallest absolute Gasteiger partial charge is 0.408 e. The third-order valence-corrected chi connectivity index (χ3v) is 4.35. The molecule has 2 atom stereocenters. The normalized spacial score (nSPS) is 12.3. The second kappa shape index (κ2) is 17.9. The first-order valence-electron chi connectivity index (χ1n) is 12.1. The number of hydrogen-bond donors (Lipinski definition) is 3. The van der Waals surface area contributed by atoms with E-state index in [9.17, 15) is 14.4 Å². The molecule has 0 aromatic heterocycles. The van der Waals surface area contributed by atoms with E-state index >= 15 is 0 Å². The molecule has 1 unspecified atom stereocenters. The van der Waals surface area contributed by atoms with Crippen LogP contribution < -0.4 is 16.0 Å². The lowest BCUT2D eigenvalue weighted by Crippen LogP contribution is -2.50. The zero-order valence-electron chi connectivity index (χ0n) is 21.6. The molecule has 0 saturated heterocycles. The summed E-state index contributed by atoms with van der Waals surface area (Å²) >= 11 is 0. The highest BCUT2D eigenvalue weighted by molar-refractivity contribution is 5.89. The molecule has 0 heterocycles. The van der Waals surface area contributed by atoms with Gasteiger partial charge < -0.3 is 20.7 Å². The van der Waals surface area contributed by atoms with Gasteiger partial charge in [0.2, 0.25) is 11.8 Å². The fraction of sp³-hybridized carbons (Fsp3) is 0.654. The first-order chi connectivity index (χ1) is 15.5. The van der Waals surface area contributed by atoms with E-state index < -0.39 is 18.0 Å². The second-order valence-electron chi connectivity index (χ2n) is 9.45. The molecule has 0 spiro atoms. The van der Waals surface area contributed by atoms with Crippen molar-refractivity contribution in [2.45, 2.75) is 92.8 Å². The number of alkyl carbamates (subject to hydrolysis) is 1. The highest BCUT2D eigenvalue weighted by Crippen LogP contribution is 2.06. The number of nitrogens with one attached hydrogen (secondary N) is 3. The Bertz CT molecular complexity index is 675. The highest BCUT2D eigenvalue weighted by Gasteiger charge is 2.23. The van der Waals surface area contributed by atoms with Crippen LogP contribution in [-0.2, 0) is 20.9 Å². The molecule has 7 heteroatoms. The van der Waals surface area contributed by atoms with Crippen LogP contribution in [0.15, 0.2) is 30.3 Å². The van der Waals surface area contributed by atoms with Gasteiger partial charge in [-0.3, -0.25) is 9.59 Å².